The number of hydrogen-bond donors (Lipinski definition) is 2. The van der Waals surface area contributed by atoms with Crippen LogP contribution in [0.5, 0.6) is 0 Å². The first kappa shape index (κ1) is 18.4. The quantitative estimate of drug-likeness (QED) is 0.657. The van der Waals surface area contributed by atoms with Crippen LogP contribution in [0.3, 0.4) is 0 Å². The Hall–Kier alpha value is -2.93. The van der Waals surface area contributed by atoms with Crippen molar-refractivity contribution in [2.75, 3.05) is 5.73 Å². The van der Waals surface area contributed by atoms with Gasteiger partial charge in [0.15, 0.2) is 5.65 Å². The molecule has 7 nitrogen and oxygen atoms in total. The van der Waals surface area contributed by atoms with E-state index in [9.17, 15) is 4.79 Å². The van der Waals surface area contributed by atoms with Crippen LogP contribution in [0.4, 0.5) is 5.82 Å². The van der Waals surface area contributed by atoms with E-state index in [0.29, 0.717) is 10.8 Å². The summed E-state index contributed by atoms with van der Waals surface area (Å²) in [6.07, 6.45) is 6.32. The molecule has 28 heavy (non-hydrogen) atoms. The Kier molecular flexibility index (Phi) is 5.00. The molecule has 3 N–H and O–H groups in total. The lowest BCUT2D eigenvalue weighted by molar-refractivity contribution is -0.117. The van der Waals surface area contributed by atoms with Crippen LogP contribution in [0.25, 0.3) is 22.3 Å². The monoisotopic (exact) mass is 396 g/mol. The molecule has 1 fully saturated rings. The second-order valence-corrected chi connectivity index (χ2v) is 7.41. The Bertz CT molecular complexity index is 1020. The largest absolute Gasteiger partial charge is 0.383 e. The summed E-state index contributed by atoms with van der Waals surface area (Å²) < 4.78 is 1.96. The normalized spacial score (nSPS) is 19.5. The van der Waals surface area contributed by atoms with Gasteiger partial charge in [-0.05, 0) is 43.9 Å². The van der Waals surface area contributed by atoms with Crippen molar-refractivity contribution < 1.29 is 4.79 Å². The minimum atomic E-state index is -0.126. The molecule has 0 bridgehead atoms. The number of nitrogens with two attached hydrogens (primary N) is 1. The summed E-state index contributed by atoms with van der Waals surface area (Å²) >= 11 is 6.02. The van der Waals surface area contributed by atoms with Gasteiger partial charge in [-0.25, -0.2) is 14.6 Å². The van der Waals surface area contributed by atoms with Gasteiger partial charge >= 0.3 is 0 Å². The minimum Gasteiger partial charge on any atom is -0.383 e. The van der Waals surface area contributed by atoms with E-state index in [1.165, 1.54) is 12.4 Å². The SMILES string of the molecule is C=CC(=O)NC1CCC(n2nc(-c3ccc(Cl)cc3)c3c(N)ncnc32)CC1. The highest BCUT2D eigenvalue weighted by atomic mass is 35.5. The van der Waals surface area contributed by atoms with Crippen molar-refractivity contribution >= 4 is 34.4 Å². The van der Waals surface area contributed by atoms with E-state index in [4.69, 9.17) is 22.4 Å². The molecule has 1 amide bonds. The van der Waals surface area contributed by atoms with Crippen LogP contribution >= 0.6 is 11.6 Å². The molecule has 0 aliphatic heterocycles. The van der Waals surface area contributed by atoms with Crippen LogP contribution in [0.1, 0.15) is 31.7 Å². The number of nitrogens with one attached hydrogen (secondary N) is 1. The fourth-order valence-electron chi connectivity index (χ4n) is 3.78. The lowest BCUT2D eigenvalue weighted by Crippen LogP contribution is -2.37. The van der Waals surface area contributed by atoms with Gasteiger partial charge in [0.25, 0.3) is 0 Å². The highest BCUT2D eigenvalue weighted by Crippen LogP contribution is 2.36. The number of fused-ring (bicyclic) bond motifs is 1. The van der Waals surface area contributed by atoms with Crippen LogP contribution in [-0.2, 0) is 4.79 Å². The molecule has 1 aliphatic rings. The molecule has 0 unspecified atom stereocenters. The summed E-state index contributed by atoms with van der Waals surface area (Å²) in [5.41, 5.74) is 8.58. The van der Waals surface area contributed by atoms with E-state index in [1.54, 1.807) is 0 Å². The summed E-state index contributed by atoms with van der Waals surface area (Å²) in [5.74, 6) is 0.284. The van der Waals surface area contributed by atoms with Gasteiger partial charge < -0.3 is 11.1 Å². The number of nitrogen functional groups attached to an aromatic ring is 1. The van der Waals surface area contributed by atoms with E-state index in [-0.39, 0.29) is 18.0 Å². The summed E-state index contributed by atoms with van der Waals surface area (Å²) in [5, 5.41) is 9.26. The molecule has 8 heteroatoms. The molecule has 2 heterocycles. The molecule has 1 saturated carbocycles. The second-order valence-electron chi connectivity index (χ2n) is 6.98. The Morgan fingerprint density at radius 2 is 1.93 bits per heavy atom. The molecule has 1 aliphatic carbocycles. The zero-order valence-electron chi connectivity index (χ0n) is 15.3. The van der Waals surface area contributed by atoms with Crippen molar-refractivity contribution in [1.29, 1.82) is 0 Å². The zero-order valence-corrected chi connectivity index (χ0v) is 16.1. The van der Waals surface area contributed by atoms with Gasteiger partial charge in [-0.3, -0.25) is 4.79 Å². The van der Waals surface area contributed by atoms with Crippen molar-refractivity contribution in [3.8, 4) is 11.3 Å². The number of anilines is 1. The van der Waals surface area contributed by atoms with E-state index >= 15 is 0 Å². The summed E-state index contributed by atoms with van der Waals surface area (Å²) in [6.45, 7) is 3.51. The predicted molar refractivity (Wildman–Crippen MR) is 110 cm³/mol. The van der Waals surface area contributed by atoms with Gasteiger partial charge in [-0.1, -0.05) is 30.3 Å². The zero-order chi connectivity index (χ0) is 19.7. The number of benzene rings is 1. The minimum absolute atomic E-state index is 0.126. The highest BCUT2D eigenvalue weighted by Gasteiger charge is 2.27. The predicted octanol–water partition coefficient (Wildman–Crippen LogP) is 3.51. The van der Waals surface area contributed by atoms with Gasteiger partial charge in [0.2, 0.25) is 5.91 Å². The lowest BCUT2D eigenvalue weighted by atomic mass is 9.91. The maximum absolute atomic E-state index is 11.5. The molecular weight excluding hydrogens is 376 g/mol. The Labute approximate surface area is 167 Å². The van der Waals surface area contributed by atoms with Crippen molar-refractivity contribution in [3.63, 3.8) is 0 Å². The van der Waals surface area contributed by atoms with Gasteiger partial charge in [-0.15, -0.1) is 0 Å². The summed E-state index contributed by atoms with van der Waals surface area (Å²) in [4.78, 5) is 20.2. The van der Waals surface area contributed by atoms with Crippen LogP contribution in [0.2, 0.25) is 5.02 Å². The number of halogens is 1. The molecule has 2 aromatic heterocycles. The molecule has 0 radical (unpaired) electrons. The number of carbonyl (C=O) groups excluding carboxylic acids is 1. The number of aromatic nitrogens is 4. The van der Waals surface area contributed by atoms with E-state index in [0.717, 1.165) is 48.0 Å². The number of nitrogens with zero attached hydrogens (tertiary/aromatic N) is 4. The number of rotatable bonds is 4. The Morgan fingerprint density at radius 1 is 1.21 bits per heavy atom. The van der Waals surface area contributed by atoms with E-state index in [2.05, 4.69) is 21.9 Å². The van der Waals surface area contributed by atoms with Gasteiger partial charge in [0, 0.05) is 16.6 Å². The number of carbonyl (C=O) groups is 1. The molecule has 1 aromatic carbocycles. The third-order valence-electron chi connectivity index (χ3n) is 5.21. The maximum Gasteiger partial charge on any atom is 0.243 e. The van der Waals surface area contributed by atoms with Crippen molar-refractivity contribution in [3.05, 3.63) is 48.3 Å². The smallest absolute Gasteiger partial charge is 0.243 e. The summed E-state index contributed by atoms with van der Waals surface area (Å²) in [6, 6.07) is 7.85. The van der Waals surface area contributed by atoms with E-state index < -0.39 is 0 Å². The fraction of sp³-hybridized carbons (Fsp3) is 0.300. The first-order valence-electron chi connectivity index (χ1n) is 9.24. The van der Waals surface area contributed by atoms with E-state index in [1.807, 2.05) is 28.9 Å². The van der Waals surface area contributed by atoms with Crippen LogP contribution in [0, 0.1) is 0 Å². The second kappa shape index (κ2) is 7.59. The lowest BCUT2D eigenvalue weighted by Gasteiger charge is -2.29. The first-order valence-corrected chi connectivity index (χ1v) is 9.62. The molecule has 3 aromatic rings. The third-order valence-corrected chi connectivity index (χ3v) is 5.46. The van der Waals surface area contributed by atoms with Crippen molar-refractivity contribution in [2.24, 2.45) is 0 Å². The molecular formula is C20H21ClN6O. The maximum atomic E-state index is 11.5. The van der Waals surface area contributed by atoms with Gasteiger partial charge in [0.1, 0.15) is 17.8 Å². The standard InChI is InChI=1S/C20H21ClN6O/c1-2-16(28)25-14-7-9-15(10-8-14)27-20-17(19(22)23-11-24-20)18(26-27)12-3-5-13(21)6-4-12/h2-6,11,14-15H,1,7-10H2,(H,25,28)(H2,22,23,24). The van der Waals surface area contributed by atoms with Gasteiger partial charge in [-0.2, -0.15) is 5.10 Å². The van der Waals surface area contributed by atoms with Crippen LogP contribution < -0.4 is 11.1 Å². The highest BCUT2D eigenvalue weighted by molar-refractivity contribution is 6.30. The molecule has 0 atom stereocenters. The average molecular weight is 397 g/mol. The number of amides is 1. The van der Waals surface area contributed by atoms with Crippen LogP contribution in [0.15, 0.2) is 43.2 Å². The average Bonchev–Trinajstić information content (AvgIpc) is 3.10. The molecule has 4 rings (SSSR count). The van der Waals surface area contributed by atoms with Crippen molar-refractivity contribution in [1.82, 2.24) is 25.1 Å². The molecule has 0 spiro atoms. The Balaban J connectivity index is 1.67. The van der Waals surface area contributed by atoms with Crippen molar-refractivity contribution in [2.45, 2.75) is 37.8 Å². The first-order chi connectivity index (χ1) is 13.6. The van der Waals surface area contributed by atoms with Gasteiger partial charge in [0.05, 0.1) is 11.4 Å². The summed E-state index contributed by atoms with van der Waals surface area (Å²) in [7, 11) is 0. The topological polar surface area (TPSA) is 98.7 Å². The fourth-order valence-corrected chi connectivity index (χ4v) is 3.91. The molecule has 144 valence electrons. The third kappa shape index (κ3) is 3.45. The Morgan fingerprint density at radius 3 is 2.61 bits per heavy atom. The molecule has 0 saturated heterocycles. The van der Waals surface area contributed by atoms with Crippen LogP contribution in [-0.4, -0.2) is 31.7 Å². The number of hydrogen-bond acceptors (Lipinski definition) is 5.